The number of piperidine rings is 1. The second-order valence-electron chi connectivity index (χ2n) is 7.59. The number of fused-ring (bicyclic) bond motifs is 1. The summed E-state index contributed by atoms with van der Waals surface area (Å²) in [6.45, 7) is 3.37. The van der Waals surface area contributed by atoms with E-state index < -0.39 is 0 Å². The van der Waals surface area contributed by atoms with Gasteiger partial charge in [0.1, 0.15) is 5.82 Å². The highest BCUT2D eigenvalue weighted by atomic mass is 16.2. The number of imidazole rings is 1. The molecule has 8 nitrogen and oxygen atoms in total. The van der Waals surface area contributed by atoms with Crippen molar-refractivity contribution in [3.63, 3.8) is 0 Å². The summed E-state index contributed by atoms with van der Waals surface area (Å²) in [7, 11) is 1.86. The van der Waals surface area contributed by atoms with Crippen LogP contribution in [0, 0.1) is 0 Å². The Bertz CT molecular complexity index is 1030. The van der Waals surface area contributed by atoms with Crippen LogP contribution in [0.2, 0.25) is 0 Å². The molecule has 29 heavy (non-hydrogen) atoms. The Kier molecular flexibility index (Phi) is 5.33. The van der Waals surface area contributed by atoms with Crippen LogP contribution in [-0.2, 0) is 29.6 Å². The minimum atomic E-state index is -0.0663. The van der Waals surface area contributed by atoms with Crippen LogP contribution in [0.15, 0.2) is 36.7 Å². The Labute approximate surface area is 169 Å². The Morgan fingerprint density at radius 1 is 1.17 bits per heavy atom. The molecule has 1 N–H and O–H groups in total. The molecule has 0 unspecified atom stereocenters. The summed E-state index contributed by atoms with van der Waals surface area (Å²) in [5.41, 5.74) is 2.70. The molecule has 4 heterocycles. The molecular formula is C21H26N6O2. The first-order chi connectivity index (χ1) is 14.0. The van der Waals surface area contributed by atoms with Crippen LogP contribution in [0.5, 0.6) is 0 Å². The Morgan fingerprint density at radius 3 is 2.66 bits per heavy atom. The smallest absolute Gasteiger partial charge is 0.228 e. The molecule has 0 aromatic carbocycles. The average molecular weight is 394 g/mol. The minimum Gasteiger partial charge on any atom is -0.351 e. The Balaban J connectivity index is 1.45. The van der Waals surface area contributed by atoms with Gasteiger partial charge in [-0.2, -0.15) is 5.10 Å². The second kappa shape index (κ2) is 8.06. The van der Waals surface area contributed by atoms with Gasteiger partial charge in [-0.25, -0.2) is 4.98 Å². The molecule has 4 rings (SSSR count). The molecule has 152 valence electrons. The van der Waals surface area contributed by atoms with Gasteiger partial charge < -0.3 is 14.6 Å². The van der Waals surface area contributed by atoms with Gasteiger partial charge in [-0.1, -0.05) is 6.07 Å². The van der Waals surface area contributed by atoms with Gasteiger partial charge in [0.25, 0.3) is 0 Å². The van der Waals surface area contributed by atoms with E-state index in [0.717, 1.165) is 48.7 Å². The zero-order chi connectivity index (χ0) is 20.4. The quantitative estimate of drug-likeness (QED) is 0.713. The second-order valence-corrected chi connectivity index (χ2v) is 7.59. The zero-order valence-electron chi connectivity index (χ0n) is 16.8. The molecule has 0 spiro atoms. The number of amides is 2. The standard InChI is InChI=1S/C21H26N6O2/c1-15(28)22-14-18-19-5-3-4-9-27(19)21(23-18)16-6-11-26(12-7-16)20(29)13-17-8-10-25(2)24-17/h3-5,8-10,16H,6-7,11-14H2,1-2H3,(H,22,28). The molecular weight excluding hydrogens is 368 g/mol. The van der Waals surface area contributed by atoms with Gasteiger partial charge in [0.15, 0.2) is 0 Å². The highest BCUT2D eigenvalue weighted by molar-refractivity contribution is 5.78. The van der Waals surface area contributed by atoms with Crippen molar-refractivity contribution in [3.8, 4) is 0 Å². The number of carbonyl (C=O) groups is 2. The lowest BCUT2D eigenvalue weighted by Gasteiger charge is -2.31. The van der Waals surface area contributed by atoms with Gasteiger partial charge in [0.2, 0.25) is 11.8 Å². The van der Waals surface area contributed by atoms with Crippen molar-refractivity contribution in [2.24, 2.45) is 7.05 Å². The number of hydrogen-bond donors (Lipinski definition) is 1. The monoisotopic (exact) mass is 394 g/mol. The van der Waals surface area contributed by atoms with Crippen LogP contribution in [0.1, 0.15) is 42.9 Å². The van der Waals surface area contributed by atoms with E-state index in [1.807, 2.05) is 48.6 Å². The number of nitrogens with one attached hydrogen (secondary N) is 1. The van der Waals surface area contributed by atoms with E-state index in [4.69, 9.17) is 4.98 Å². The summed E-state index contributed by atoms with van der Waals surface area (Å²) in [5.74, 6) is 1.36. The molecule has 2 amide bonds. The topological polar surface area (TPSA) is 84.5 Å². The van der Waals surface area contributed by atoms with Crippen molar-refractivity contribution in [1.29, 1.82) is 0 Å². The fraction of sp³-hybridized carbons (Fsp3) is 0.429. The van der Waals surface area contributed by atoms with E-state index in [1.54, 1.807) is 4.68 Å². The first kappa shape index (κ1) is 19.2. The van der Waals surface area contributed by atoms with Crippen LogP contribution in [-0.4, -0.2) is 49.0 Å². The summed E-state index contributed by atoms with van der Waals surface area (Å²) in [4.78, 5) is 30.7. The van der Waals surface area contributed by atoms with Crippen LogP contribution in [0.3, 0.4) is 0 Å². The normalized spacial score (nSPS) is 15.0. The number of pyridine rings is 1. The van der Waals surface area contributed by atoms with Crippen molar-refractivity contribution >= 4 is 17.3 Å². The molecule has 1 saturated heterocycles. The van der Waals surface area contributed by atoms with E-state index >= 15 is 0 Å². The van der Waals surface area contributed by atoms with Crippen molar-refractivity contribution in [1.82, 2.24) is 29.4 Å². The van der Waals surface area contributed by atoms with Crippen molar-refractivity contribution in [3.05, 3.63) is 53.9 Å². The number of aromatic nitrogens is 4. The zero-order valence-corrected chi connectivity index (χ0v) is 16.8. The number of carbonyl (C=O) groups excluding carboxylic acids is 2. The van der Waals surface area contributed by atoms with Crippen LogP contribution in [0.4, 0.5) is 0 Å². The van der Waals surface area contributed by atoms with Crippen molar-refractivity contribution in [2.45, 2.75) is 38.6 Å². The van der Waals surface area contributed by atoms with E-state index in [0.29, 0.717) is 13.0 Å². The lowest BCUT2D eigenvalue weighted by atomic mass is 9.95. The van der Waals surface area contributed by atoms with Crippen molar-refractivity contribution in [2.75, 3.05) is 13.1 Å². The Hall–Kier alpha value is -3.16. The molecule has 3 aromatic rings. The highest BCUT2D eigenvalue weighted by Crippen LogP contribution is 2.29. The van der Waals surface area contributed by atoms with Gasteiger partial charge in [0.05, 0.1) is 29.9 Å². The number of aryl methyl sites for hydroxylation is 1. The summed E-state index contributed by atoms with van der Waals surface area (Å²) in [5, 5.41) is 7.14. The van der Waals surface area contributed by atoms with Crippen LogP contribution >= 0.6 is 0 Å². The third-order valence-electron chi connectivity index (χ3n) is 5.47. The van der Waals surface area contributed by atoms with E-state index in [-0.39, 0.29) is 17.7 Å². The fourth-order valence-corrected chi connectivity index (χ4v) is 3.97. The van der Waals surface area contributed by atoms with Gasteiger partial charge in [-0.15, -0.1) is 0 Å². The lowest BCUT2D eigenvalue weighted by Crippen LogP contribution is -2.39. The molecule has 1 aliphatic heterocycles. The van der Waals surface area contributed by atoms with E-state index in [2.05, 4.69) is 14.8 Å². The Morgan fingerprint density at radius 2 is 1.97 bits per heavy atom. The summed E-state index contributed by atoms with van der Waals surface area (Å²) in [6, 6.07) is 7.89. The molecule has 1 aliphatic rings. The molecule has 0 saturated carbocycles. The third kappa shape index (κ3) is 4.16. The first-order valence-corrected chi connectivity index (χ1v) is 9.98. The maximum Gasteiger partial charge on any atom is 0.228 e. The predicted molar refractivity (Wildman–Crippen MR) is 108 cm³/mol. The summed E-state index contributed by atoms with van der Waals surface area (Å²) >= 11 is 0. The highest BCUT2D eigenvalue weighted by Gasteiger charge is 2.27. The average Bonchev–Trinajstić information content (AvgIpc) is 3.30. The summed E-state index contributed by atoms with van der Waals surface area (Å²) in [6.07, 6.45) is 5.98. The molecule has 8 heteroatoms. The third-order valence-corrected chi connectivity index (χ3v) is 5.47. The van der Waals surface area contributed by atoms with Gasteiger partial charge in [-0.05, 0) is 31.0 Å². The maximum atomic E-state index is 12.6. The molecule has 1 fully saturated rings. The van der Waals surface area contributed by atoms with E-state index in [9.17, 15) is 9.59 Å². The lowest BCUT2D eigenvalue weighted by molar-refractivity contribution is -0.131. The fourth-order valence-electron chi connectivity index (χ4n) is 3.97. The van der Waals surface area contributed by atoms with Crippen LogP contribution < -0.4 is 5.32 Å². The molecule has 0 aliphatic carbocycles. The molecule has 0 bridgehead atoms. The van der Waals surface area contributed by atoms with Gasteiger partial charge in [-0.3, -0.25) is 14.3 Å². The van der Waals surface area contributed by atoms with Gasteiger partial charge in [0, 0.05) is 45.4 Å². The molecule has 0 atom stereocenters. The number of rotatable bonds is 5. The first-order valence-electron chi connectivity index (χ1n) is 9.98. The van der Waals surface area contributed by atoms with Crippen LogP contribution in [0.25, 0.3) is 5.52 Å². The van der Waals surface area contributed by atoms with Gasteiger partial charge >= 0.3 is 0 Å². The number of hydrogen-bond acceptors (Lipinski definition) is 4. The summed E-state index contributed by atoms with van der Waals surface area (Å²) < 4.78 is 3.84. The van der Waals surface area contributed by atoms with E-state index in [1.165, 1.54) is 6.92 Å². The molecule has 0 radical (unpaired) electrons. The number of nitrogens with zero attached hydrogens (tertiary/aromatic N) is 5. The van der Waals surface area contributed by atoms with Crippen molar-refractivity contribution < 1.29 is 9.59 Å². The minimum absolute atomic E-state index is 0.0663. The predicted octanol–water partition coefficient (Wildman–Crippen LogP) is 1.65. The molecule has 3 aromatic heterocycles. The number of likely N-dealkylation sites (tertiary alicyclic amines) is 1. The largest absolute Gasteiger partial charge is 0.351 e. The maximum absolute atomic E-state index is 12.6. The SMILES string of the molecule is CC(=O)NCc1nc(C2CCN(C(=O)Cc3ccn(C)n3)CC2)n2ccccc12.